The number of alkyl halides is 2. The van der Waals surface area contributed by atoms with Gasteiger partial charge in [0.15, 0.2) is 0 Å². The predicted molar refractivity (Wildman–Crippen MR) is 134 cm³/mol. The van der Waals surface area contributed by atoms with Crippen LogP contribution < -0.4 is 4.74 Å². The van der Waals surface area contributed by atoms with Gasteiger partial charge in [-0.05, 0) is 43.9 Å². The van der Waals surface area contributed by atoms with E-state index >= 15 is 0 Å². The normalized spacial score (nSPS) is 17.9. The molecule has 7 nitrogen and oxygen atoms in total. The van der Waals surface area contributed by atoms with Crippen molar-refractivity contribution >= 4 is 11.6 Å². The van der Waals surface area contributed by atoms with Crippen molar-refractivity contribution in [3.8, 4) is 16.9 Å². The van der Waals surface area contributed by atoms with Crippen LogP contribution in [0.25, 0.3) is 16.8 Å². The molecule has 1 fully saturated rings. The van der Waals surface area contributed by atoms with Gasteiger partial charge in [0, 0.05) is 67.1 Å². The maximum atomic E-state index is 13.0. The number of fused-ring (bicyclic) bond motifs is 3. The standard InChI is InChI=1S/C28H27F2N5O2/c1-17(36)34-12-10-18(11-13-34)27-31-14-20(15-32-27)19-6-9-25-33-23-8-7-22(26(23)35(25)16-19)21-4-2-3-5-24(21)37-28(29)30/h2-6,9,14-16,18,22,28H,7-8,10-13H2,1H3/t22-/m1/s1. The van der Waals surface area contributed by atoms with E-state index in [-0.39, 0.29) is 23.5 Å². The minimum Gasteiger partial charge on any atom is -0.435 e. The number of benzene rings is 1. The maximum Gasteiger partial charge on any atom is 0.387 e. The number of halogens is 2. The van der Waals surface area contributed by atoms with Crippen LogP contribution in [0.3, 0.4) is 0 Å². The van der Waals surface area contributed by atoms with Gasteiger partial charge in [-0.1, -0.05) is 18.2 Å². The maximum absolute atomic E-state index is 13.0. The number of piperidine rings is 1. The number of aryl methyl sites for hydroxylation is 1. The van der Waals surface area contributed by atoms with Crippen molar-refractivity contribution in [1.29, 1.82) is 0 Å². The number of para-hydroxylation sites is 1. The lowest BCUT2D eigenvalue weighted by Gasteiger charge is -2.30. The molecule has 3 aromatic heterocycles. The van der Waals surface area contributed by atoms with Crippen molar-refractivity contribution in [2.75, 3.05) is 13.1 Å². The molecule has 6 rings (SSSR count). The molecule has 4 heterocycles. The number of carbonyl (C=O) groups excluding carboxylic acids is 1. The largest absolute Gasteiger partial charge is 0.435 e. The molecular formula is C28H27F2N5O2. The number of ether oxygens (including phenoxy) is 1. The summed E-state index contributed by atoms with van der Waals surface area (Å²) in [5.74, 6) is 1.30. The highest BCUT2D eigenvalue weighted by Crippen LogP contribution is 2.42. The van der Waals surface area contributed by atoms with E-state index in [0.717, 1.165) is 78.3 Å². The number of pyridine rings is 1. The summed E-state index contributed by atoms with van der Waals surface area (Å²) >= 11 is 0. The minimum absolute atomic E-state index is 0.0882. The predicted octanol–water partition coefficient (Wildman–Crippen LogP) is 5.20. The molecule has 1 aromatic carbocycles. The number of likely N-dealkylation sites (tertiary alicyclic amines) is 1. The average Bonchev–Trinajstić information content (AvgIpc) is 3.48. The monoisotopic (exact) mass is 503 g/mol. The van der Waals surface area contributed by atoms with Crippen LogP contribution in [-0.4, -0.2) is 49.9 Å². The highest BCUT2D eigenvalue weighted by molar-refractivity contribution is 5.73. The Morgan fingerprint density at radius 1 is 1.03 bits per heavy atom. The van der Waals surface area contributed by atoms with Crippen molar-refractivity contribution in [3.05, 3.63) is 77.8 Å². The van der Waals surface area contributed by atoms with Crippen LogP contribution in [-0.2, 0) is 11.2 Å². The smallest absolute Gasteiger partial charge is 0.387 e. The zero-order valence-electron chi connectivity index (χ0n) is 20.5. The summed E-state index contributed by atoms with van der Waals surface area (Å²) < 4.78 is 33.0. The topological polar surface area (TPSA) is 72.6 Å². The first-order valence-corrected chi connectivity index (χ1v) is 12.6. The van der Waals surface area contributed by atoms with Crippen LogP contribution in [0.4, 0.5) is 8.78 Å². The van der Waals surface area contributed by atoms with Gasteiger partial charge >= 0.3 is 6.61 Å². The minimum atomic E-state index is -2.87. The van der Waals surface area contributed by atoms with Crippen LogP contribution in [0.15, 0.2) is 55.0 Å². The SMILES string of the molecule is CC(=O)N1CCC(c2ncc(-c3ccc4nc5c(n4c3)[C@@H](c3ccccc3OC(F)F)CC5)cn2)CC1. The first kappa shape index (κ1) is 23.5. The summed E-state index contributed by atoms with van der Waals surface area (Å²) in [6.45, 7) is 0.205. The van der Waals surface area contributed by atoms with E-state index in [1.807, 2.05) is 47.8 Å². The van der Waals surface area contributed by atoms with E-state index in [9.17, 15) is 13.6 Å². The number of amides is 1. The Morgan fingerprint density at radius 3 is 2.51 bits per heavy atom. The van der Waals surface area contributed by atoms with Crippen LogP contribution in [0, 0.1) is 0 Å². The Hall–Kier alpha value is -3.88. The van der Waals surface area contributed by atoms with Crippen LogP contribution >= 0.6 is 0 Å². The van der Waals surface area contributed by atoms with Gasteiger partial charge in [-0.3, -0.25) is 4.79 Å². The Kier molecular flexibility index (Phi) is 6.06. The molecule has 190 valence electrons. The number of hydrogen-bond donors (Lipinski definition) is 0. The van der Waals surface area contributed by atoms with Crippen molar-refractivity contribution < 1.29 is 18.3 Å². The molecule has 0 spiro atoms. The first-order chi connectivity index (χ1) is 18.0. The molecule has 4 aromatic rings. The van der Waals surface area contributed by atoms with Gasteiger partial charge in [-0.25, -0.2) is 15.0 Å². The van der Waals surface area contributed by atoms with E-state index in [2.05, 4.69) is 14.4 Å². The summed E-state index contributed by atoms with van der Waals surface area (Å²) in [6.07, 6.45) is 9.02. The number of aromatic nitrogens is 4. The summed E-state index contributed by atoms with van der Waals surface area (Å²) in [5.41, 5.74) is 5.41. The van der Waals surface area contributed by atoms with Crippen LogP contribution in [0.2, 0.25) is 0 Å². The number of imidazole rings is 1. The quantitative estimate of drug-likeness (QED) is 0.375. The third-order valence-corrected chi connectivity index (χ3v) is 7.55. The molecule has 2 aliphatic rings. The van der Waals surface area contributed by atoms with Gasteiger partial charge in [0.2, 0.25) is 5.91 Å². The summed E-state index contributed by atoms with van der Waals surface area (Å²) in [4.78, 5) is 27.6. The molecule has 1 aliphatic carbocycles. The zero-order chi connectivity index (χ0) is 25.5. The molecule has 0 saturated carbocycles. The van der Waals surface area contributed by atoms with Crippen molar-refractivity contribution in [3.63, 3.8) is 0 Å². The van der Waals surface area contributed by atoms with Gasteiger partial charge in [-0.2, -0.15) is 8.78 Å². The van der Waals surface area contributed by atoms with E-state index in [0.29, 0.717) is 0 Å². The van der Waals surface area contributed by atoms with Crippen molar-refractivity contribution in [1.82, 2.24) is 24.3 Å². The molecule has 0 radical (unpaired) electrons. The van der Waals surface area contributed by atoms with Gasteiger partial charge < -0.3 is 14.0 Å². The summed E-state index contributed by atoms with van der Waals surface area (Å²) in [6, 6.07) is 11.0. The molecule has 0 bridgehead atoms. The van der Waals surface area contributed by atoms with Crippen LogP contribution in [0.5, 0.6) is 5.75 Å². The second-order valence-electron chi connectivity index (χ2n) is 9.71. The Morgan fingerprint density at radius 2 is 1.78 bits per heavy atom. The number of nitrogens with zero attached hydrogens (tertiary/aromatic N) is 5. The molecule has 37 heavy (non-hydrogen) atoms. The van der Waals surface area contributed by atoms with Gasteiger partial charge in [0.1, 0.15) is 17.2 Å². The second kappa shape index (κ2) is 9.53. The third-order valence-electron chi connectivity index (χ3n) is 7.55. The fourth-order valence-electron chi connectivity index (χ4n) is 5.68. The third kappa shape index (κ3) is 4.43. The molecule has 1 saturated heterocycles. The van der Waals surface area contributed by atoms with E-state index in [1.54, 1.807) is 19.1 Å². The van der Waals surface area contributed by atoms with Crippen LogP contribution in [0.1, 0.15) is 60.8 Å². The van der Waals surface area contributed by atoms with Gasteiger partial charge in [0.25, 0.3) is 0 Å². The lowest BCUT2D eigenvalue weighted by atomic mass is 9.95. The number of hydrogen-bond acceptors (Lipinski definition) is 5. The summed E-state index contributed by atoms with van der Waals surface area (Å²) in [7, 11) is 0. The molecule has 1 atom stereocenters. The molecule has 9 heteroatoms. The lowest BCUT2D eigenvalue weighted by molar-refractivity contribution is -0.129. The first-order valence-electron chi connectivity index (χ1n) is 12.6. The molecule has 1 amide bonds. The Labute approximate surface area is 213 Å². The molecule has 0 unspecified atom stereocenters. The van der Waals surface area contributed by atoms with Gasteiger partial charge in [0.05, 0.1) is 11.4 Å². The fourth-order valence-corrected chi connectivity index (χ4v) is 5.68. The summed E-state index contributed by atoms with van der Waals surface area (Å²) in [5, 5.41) is 0. The molecule has 1 aliphatic heterocycles. The fraction of sp³-hybridized carbons (Fsp3) is 0.357. The Bertz CT molecular complexity index is 1440. The average molecular weight is 504 g/mol. The van der Waals surface area contributed by atoms with E-state index in [4.69, 9.17) is 9.72 Å². The number of carbonyl (C=O) groups is 1. The zero-order valence-corrected chi connectivity index (χ0v) is 20.5. The lowest BCUT2D eigenvalue weighted by Crippen LogP contribution is -2.36. The molecular weight excluding hydrogens is 476 g/mol. The number of rotatable bonds is 5. The molecule has 0 N–H and O–H groups in total. The second-order valence-corrected chi connectivity index (χ2v) is 9.71. The van der Waals surface area contributed by atoms with Gasteiger partial charge in [-0.15, -0.1) is 0 Å². The van der Waals surface area contributed by atoms with Crippen molar-refractivity contribution in [2.45, 2.75) is 51.1 Å². The highest BCUT2D eigenvalue weighted by atomic mass is 19.3. The highest BCUT2D eigenvalue weighted by Gasteiger charge is 2.32. The Balaban J connectivity index is 1.29. The van der Waals surface area contributed by atoms with Crippen molar-refractivity contribution in [2.24, 2.45) is 0 Å². The van der Waals surface area contributed by atoms with E-state index < -0.39 is 6.61 Å². The van der Waals surface area contributed by atoms with E-state index in [1.165, 1.54) is 0 Å².